The first-order chi connectivity index (χ1) is 7.65. The van der Waals surface area contributed by atoms with Crippen LogP contribution < -0.4 is 9.64 Å². The van der Waals surface area contributed by atoms with Crippen molar-refractivity contribution in [2.45, 2.75) is 19.8 Å². The van der Waals surface area contributed by atoms with Gasteiger partial charge in [-0.1, -0.05) is 0 Å². The normalized spacial score (nSPS) is 15.6. The van der Waals surface area contributed by atoms with Crippen LogP contribution in [0.25, 0.3) is 0 Å². The van der Waals surface area contributed by atoms with Gasteiger partial charge in [0.1, 0.15) is 5.75 Å². The summed E-state index contributed by atoms with van der Waals surface area (Å²) in [5.41, 5.74) is 0.542. The summed E-state index contributed by atoms with van der Waals surface area (Å²) in [4.78, 5) is 1.86. The van der Waals surface area contributed by atoms with Crippen LogP contribution in [-0.2, 0) is 0 Å². The molecule has 1 aliphatic heterocycles. The molecule has 0 aliphatic carbocycles. The Morgan fingerprint density at radius 2 is 1.81 bits per heavy atom. The highest BCUT2D eigenvalue weighted by Crippen LogP contribution is 2.33. The predicted molar refractivity (Wildman–Crippen MR) is 59.1 cm³/mol. The standard InChI is InChI=1S/C12H15F2NO/c1-8-10(16-2)7-9(12(14)11(8)13)15-5-3-4-6-15/h7H,3-6H2,1-2H3. The average Bonchev–Trinajstić information content (AvgIpc) is 2.80. The smallest absolute Gasteiger partial charge is 0.182 e. The van der Waals surface area contributed by atoms with Gasteiger partial charge in [0.15, 0.2) is 11.6 Å². The summed E-state index contributed by atoms with van der Waals surface area (Å²) in [5.74, 6) is -1.16. The number of anilines is 1. The van der Waals surface area contributed by atoms with E-state index in [1.54, 1.807) is 6.07 Å². The van der Waals surface area contributed by atoms with Crippen LogP contribution in [0.2, 0.25) is 0 Å². The number of ether oxygens (including phenoxy) is 1. The Kier molecular flexibility index (Phi) is 2.99. The molecule has 0 N–H and O–H groups in total. The van der Waals surface area contributed by atoms with Gasteiger partial charge in [-0.15, -0.1) is 0 Å². The highest BCUT2D eigenvalue weighted by Gasteiger charge is 2.22. The van der Waals surface area contributed by atoms with Crippen LogP contribution in [-0.4, -0.2) is 20.2 Å². The number of methoxy groups -OCH3 is 1. The van der Waals surface area contributed by atoms with Crippen molar-refractivity contribution in [3.63, 3.8) is 0 Å². The van der Waals surface area contributed by atoms with Gasteiger partial charge in [0.05, 0.1) is 12.8 Å². The summed E-state index contributed by atoms with van der Waals surface area (Å²) in [5, 5.41) is 0. The van der Waals surface area contributed by atoms with Crippen molar-refractivity contribution in [2.24, 2.45) is 0 Å². The molecule has 2 rings (SSSR count). The third kappa shape index (κ3) is 1.72. The zero-order chi connectivity index (χ0) is 11.7. The summed E-state index contributed by atoms with van der Waals surface area (Å²) < 4.78 is 32.4. The van der Waals surface area contributed by atoms with Crippen molar-refractivity contribution in [3.8, 4) is 5.75 Å². The minimum Gasteiger partial charge on any atom is -0.496 e. The predicted octanol–water partition coefficient (Wildman–Crippen LogP) is 2.88. The van der Waals surface area contributed by atoms with E-state index >= 15 is 0 Å². The van der Waals surface area contributed by atoms with Crippen molar-refractivity contribution < 1.29 is 13.5 Å². The van der Waals surface area contributed by atoms with E-state index < -0.39 is 11.6 Å². The van der Waals surface area contributed by atoms with E-state index in [-0.39, 0.29) is 5.56 Å². The van der Waals surface area contributed by atoms with Crippen LogP contribution in [0, 0.1) is 18.6 Å². The molecule has 88 valence electrons. The number of benzene rings is 1. The zero-order valence-electron chi connectivity index (χ0n) is 9.52. The van der Waals surface area contributed by atoms with Gasteiger partial charge >= 0.3 is 0 Å². The van der Waals surface area contributed by atoms with Crippen LogP contribution in [0.15, 0.2) is 6.07 Å². The van der Waals surface area contributed by atoms with Crippen LogP contribution in [0.1, 0.15) is 18.4 Å². The summed E-state index contributed by atoms with van der Waals surface area (Å²) in [6.07, 6.45) is 2.05. The van der Waals surface area contributed by atoms with E-state index in [0.717, 1.165) is 25.9 Å². The molecule has 0 spiro atoms. The number of nitrogens with zero attached hydrogens (tertiary/aromatic N) is 1. The molecule has 1 saturated heterocycles. The Morgan fingerprint density at radius 1 is 1.19 bits per heavy atom. The van der Waals surface area contributed by atoms with Gasteiger partial charge < -0.3 is 9.64 Å². The molecular formula is C12H15F2NO. The topological polar surface area (TPSA) is 12.5 Å². The molecule has 1 aromatic carbocycles. The Labute approximate surface area is 93.8 Å². The molecular weight excluding hydrogens is 212 g/mol. The Hall–Kier alpha value is -1.32. The van der Waals surface area contributed by atoms with E-state index in [1.165, 1.54) is 14.0 Å². The molecule has 16 heavy (non-hydrogen) atoms. The van der Waals surface area contributed by atoms with Gasteiger partial charge in [0, 0.05) is 24.7 Å². The van der Waals surface area contributed by atoms with Gasteiger partial charge in [0.25, 0.3) is 0 Å². The maximum atomic E-state index is 13.8. The van der Waals surface area contributed by atoms with E-state index in [1.807, 2.05) is 4.90 Å². The largest absolute Gasteiger partial charge is 0.496 e. The fourth-order valence-electron chi connectivity index (χ4n) is 2.08. The Morgan fingerprint density at radius 3 is 2.38 bits per heavy atom. The van der Waals surface area contributed by atoms with Crippen molar-refractivity contribution in [1.29, 1.82) is 0 Å². The zero-order valence-corrected chi connectivity index (χ0v) is 9.52. The number of hydrogen-bond donors (Lipinski definition) is 0. The minimum atomic E-state index is -0.804. The molecule has 1 fully saturated rings. The van der Waals surface area contributed by atoms with Crippen molar-refractivity contribution in [1.82, 2.24) is 0 Å². The third-order valence-corrected chi connectivity index (χ3v) is 3.05. The summed E-state index contributed by atoms with van der Waals surface area (Å²) in [7, 11) is 1.47. The second kappa shape index (κ2) is 4.28. The number of rotatable bonds is 2. The van der Waals surface area contributed by atoms with E-state index in [0.29, 0.717) is 11.4 Å². The van der Waals surface area contributed by atoms with E-state index in [4.69, 9.17) is 4.74 Å². The molecule has 4 heteroatoms. The van der Waals surface area contributed by atoms with Crippen molar-refractivity contribution >= 4 is 5.69 Å². The lowest BCUT2D eigenvalue weighted by molar-refractivity contribution is 0.401. The highest BCUT2D eigenvalue weighted by molar-refractivity contribution is 5.56. The molecule has 2 nitrogen and oxygen atoms in total. The molecule has 0 aromatic heterocycles. The average molecular weight is 227 g/mol. The Balaban J connectivity index is 2.48. The highest BCUT2D eigenvalue weighted by atomic mass is 19.2. The lowest BCUT2D eigenvalue weighted by atomic mass is 10.1. The molecule has 0 atom stereocenters. The molecule has 0 saturated carbocycles. The molecule has 0 unspecified atom stereocenters. The summed E-state index contributed by atoms with van der Waals surface area (Å²) >= 11 is 0. The summed E-state index contributed by atoms with van der Waals surface area (Å²) in [6, 6.07) is 1.58. The third-order valence-electron chi connectivity index (χ3n) is 3.05. The van der Waals surface area contributed by atoms with Gasteiger partial charge in [-0.3, -0.25) is 0 Å². The monoisotopic (exact) mass is 227 g/mol. The SMILES string of the molecule is COc1cc(N2CCCC2)c(F)c(F)c1C. The maximum absolute atomic E-state index is 13.8. The molecule has 0 bridgehead atoms. The van der Waals surface area contributed by atoms with Crippen LogP contribution in [0.4, 0.5) is 14.5 Å². The lowest BCUT2D eigenvalue weighted by Crippen LogP contribution is -2.20. The summed E-state index contributed by atoms with van der Waals surface area (Å²) in [6.45, 7) is 3.08. The molecule has 0 radical (unpaired) electrons. The van der Waals surface area contributed by atoms with Crippen LogP contribution in [0.3, 0.4) is 0 Å². The Bertz CT molecular complexity index is 400. The van der Waals surface area contributed by atoms with Gasteiger partial charge in [0.2, 0.25) is 0 Å². The van der Waals surface area contributed by atoms with Crippen LogP contribution >= 0.6 is 0 Å². The van der Waals surface area contributed by atoms with Gasteiger partial charge in [-0.2, -0.15) is 0 Å². The van der Waals surface area contributed by atoms with Crippen molar-refractivity contribution in [2.75, 3.05) is 25.1 Å². The minimum absolute atomic E-state index is 0.225. The molecule has 1 aliphatic rings. The van der Waals surface area contributed by atoms with E-state index in [2.05, 4.69) is 0 Å². The fourth-order valence-corrected chi connectivity index (χ4v) is 2.08. The van der Waals surface area contributed by atoms with Crippen LogP contribution in [0.5, 0.6) is 5.75 Å². The number of halogens is 2. The second-order valence-electron chi connectivity index (χ2n) is 4.05. The number of hydrogen-bond acceptors (Lipinski definition) is 2. The second-order valence-corrected chi connectivity index (χ2v) is 4.05. The first-order valence-corrected chi connectivity index (χ1v) is 5.42. The quantitative estimate of drug-likeness (QED) is 0.770. The van der Waals surface area contributed by atoms with Gasteiger partial charge in [-0.05, 0) is 19.8 Å². The molecule has 1 heterocycles. The fraction of sp³-hybridized carbons (Fsp3) is 0.500. The maximum Gasteiger partial charge on any atom is 0.182 e. The molecule has 0 amide bonds. The van der Waals surface area contributed by atoms with E-state index in [9.17, 15) is 8.78 Å². The van der Waals surface area contributed by atoms with Gasteiger partial charge in [-0.25, -0.2) is 8.78 Å². The lowest BCUT2D eigenvalue weighted by Gasteiger charge is -2.20. The first kappa shape index (κ1) is 11.2. The first-order valence-electron chi connectivity index (χ1n) is 5.42. The molecule has 1 aromatic rings. The van der Waals surface area contributed by atoms with Crippen molar-refractivity contribution in [3.05, 3.63) is 23.3 Å².